The van der Waals surface area contributed by atoms with Gasteiger partial charge in [0.1, 0.15) is 0 Å². The van der Waals surface area contributed by atoms with Crippen molar-refractivity contribution in [1.82, 2.24) is 15.2 Å². The minimum atomic E-state index is -0.775. The van der Waals surface area contributed by atoms with Crippen LogP contribution >= 0.6 is 0 Å². The SMILES string of the molecule is CN(CCc1ccccn1)CC1CC(c2ccc(CO)cc2)OC(c2cccc(-c3cccc(CNC(=O)CCCCCCC(=O)O)c3)c2)O1. The number of unbranched alkanes of at least 4 members (excludes halogenated alkanes) is 3. The number of carboxylic acids is 1. The number of carbonyl (C=O) groups excluding carboxylic acids is 1. The first kappa shape index (κ1) is 36.9. The van der Waals surface area contributed by atoms with E-state index in [0.717, 1.165) is 77.8 Å². The van der Waals surface area contributed by atoms with Gasteiger partial charge in [-0.3, -0.25) is 14.6 Å². The van der Waals surface area contributed by atoms with Gasteiger partial charge in [0.25, 0.3) is 0 Å². The number of amides is 1. The van der Waals surface area contributed by atoms with Crippen molar-refractivity contribution in [1.29, 1.82) is 0 Å². The summed E-state index contributed by atoms with van der Waals surface area (Å²) in [7, 11) is 2.11. The molecule has 3 atom stereocenters. The number of rotatable bonds is 18. The minimum absolute atomic E-state index is 0.000262. The lowest BCUT2D eigenvalue weighted by molar-refractivity contribution is -0.252. The number of aliphatic hydroxyl groups excluding tert-OH is 1. The monoisotopic (exact) mass is 679 g/mol. The van der Waals surface area contributed by atoms with Gasteiger partial charge in [-0.05, 0) is 72.0 Å². The van der Waals surface area contributed by atoms with Crippen LogP contribution in [-0.2, 0) is 38.6 Å². The van der Waals surface area contributed by atoms with Gasteiger partial charge in [0.05, 0.1) is 18.8 Å². The molecule has 0 saturated carbocycles. The van der Waals surface area contributed by atoms with Crippen LogP contribution in [0, 0.1) is 0 Å². The fourth-order valence-corrected chi connectivity index (χ4v) is 6.25. The average Bonchev–Trinajstić information content (AvgIpc) is 3.15. The Kier molecular flexibility index (Phi) is 14.1. The van der Waals surface area contributed by atoms with Gasteiger partial charge < -0.3 is 29.9 Å². The van der Waals surface area contributed by atoms with Crippen LogP contribution in [0.4, 0.5) is 0 Å². The van der Waals surface area contributed by atoms with Crippen LogP contribution < -0.4 is 5.32 Å². The predicted octanol–water partition coefficient (Wildman–Crippen LogP) is 7.00. The number of nitrogens with one attached hydrogen (secondary N) is 1. The van der Waals surface area contributed by atoms with Crippen molar-refractivity contribution in [2.75, 3.05) is 20.1 Å². The number of carboxylic acid groups (broad SMARTS) is 1. The van der Waals surface area contributed by atoms with Crippen molar-refractivity contribution in [2.24, 2.45) is 0 Å². The molecule has 1 saturated heterocycles. The van der Waals surface area contributed by atoms with Crippen LogP contribution in [0.1, 0.15) is 85.3 Å². The largest absolute Gasteiger partial charge is 0.481 e. The molecule has 1 amide bonds. The first-order valence-corrected chi connectivity index (χ1v) is 17.6. The number of nitrogens with zero attached hydrogens (tertiary/aromatic N) is 2. The number of ether oxygens (including phenoxy) is 2. The Balaban J connectivity index is 1.23. The molecular weight excluding hydrogens is 630 g/mol. The number of carbonyl (C=O) groups is 2. The Hall–Kier alpha value is -4.41. The fourth-order valence-electron chi connectivity index (χ4n) is 6.25. The van der Waals surface area contributed by atoms with Crippen molar-refractivity contribution < 1.29 is 29.3 Å². The molecule has 3 aromatic carbocycles. The van der Waals surface area contributed by atoms with Crippen molar-refractivity contribution >= 4 is 11.9 Å². The molecule has 2 heterocycles. The van der Waals surface area contributed by atoms with E-state index in [1.54, 1.807) is 0 Å². The van der Waals surface area contributed by atoms with Crippen molar-refractivity contribution in [3.8, 4) is 11.1 Å². The second kappa shape index (κ2) is 19.1. The number of aliphatic carboxylic acids is 1. The summed E-state index contributed by atoms with van der Waals surface area (Å²) in [6, 6.07) is 30.4. The summed E-state index contributed by atoms with van der Waals surface area (Å²) < 4.78 is 13.3. The Bertz CT molecular complexity index is 1650. The van der Waals surface area contributed by atoms with Crippen LogP contribution in [-0.4, -0.2) is 58.2 Å². The van der Waals surface area contributed by atoms with Crippen LogP contribution in [0.5, 0.6) is 0 Å². The molecule has 1 aromatic heterocycles. The second-order valence-corrected chi connectivity index (χ2v) is 13.1. The van der Waals surface area contributed by atoms with Crippen LogP contribution in [0.15, 0.2) is 97.2 Å². The standard InChI is InChI=1S/C41H49N3O6/c1-44(23-21-36-14-6-7-22-42-36)28-37-26-38(32-19-17-30(29-45)18-20-32)50-41(49-37)35-13-9-12-34(25-35)33-11-8-10-31(24-33)27-43-39(46)15-4-2-3-5-16-40(47)48/h6-14,17-20,22,24-25,37-38,41,45H,2-5,15-16,21,23,26-29H2,1H3,(H,43,46)(H,47,48). The van der Waals surface area contributed by atoms with E-state index in [1.165, 1.54) is 0 Å². The molecule has 264 valence electrons. The molecule has 0 spiro atoms. The maximum Gasteiger partial charge on any atom is 0.303 e. The quantitative estimate of drug-likeness (QED) is 0.0962. The number of aromatic nitrogens is 1. The third kappa shape index (κ3) is 11.6. The van der Waals surface area contributed by atoms with Gasteiger partial charge >= 0.3 is 5.97 Å². The smallest absolute Gasteiger partial charge is 0.303 e. The summed E-state index contributed by atoms with van der Waals surface area (Å²) in [5.74, 6) is -0.775. The molecule has 5 rings (SSSR count). The number of pyridine rings is 1. The highest BCUT2D eigenvalue weighted by Gasteiger charge is 2.33. The van der Waals surface area contributed by atoms with E-state index in [0.29, 0.717) is 25.8 Å². The van der Waals surface area contributed by atoms with E-state index in [-0.39, 0.29) is 31.1 Å². The zero-order chi connectivity index (χ0) is 35.1. The molecule has 3 unspecified atom stereocenters. The molecule has 9 nitrogen and oxygen atoms in total. The number of aliphatic hydroxyl groups is 1. The average molecular weight is 680 g/mol. The maximum absolute atomic E-state index is 12.4. The molecule has 9 heteroatoms. The number of benzene rings is 3. The first-order valence-electron chi connectivity index (χ1n) is 17.6. The summed E-state index contributed by atoms with van der Waals surface area (Å²) in [5, 5.41) is 21.4. The molecule has 50 heavy (non-hydrogen) atoms. The molecule has 0 aliphatic carbocycles. The molecule has 0 radical (unpaired) electrons. The van der Waals surface area contributed by atoms with Crippen LogP contribution in [0.3, 0.4) is 0 Å². The lowest BCUT2D eigenvalue weighted by Crippen LogP contribution is -2.38. The van der Waals surface area contributed by atoms with Gasteiger partial charge in [-0.1, -0.05) is 79.6 Å². The van der Waals surface area contributed by atoms with Gasteiger partial charge in [-0.15, -0.1) is 0 Å². The summed E-state index contributed by atoms with van der Waals surface area (Å²) in [4.78, 5) is 29.8. The molecular formula is C41H49N3O6. The zero-order valence-corrected chi connectivity index (χ0v) is 28.9. The predicted molar refractivity (Wildman–Crippen MR) is 193 cm³/mol. The van der Waals surface area contributed by atoms with Crippen molar-refractivity contribution in [2.45, 2.75) is 83.0 Å². The highest BCUT2D eigenvalue weighted by Crippen LogP contribution is 2.39. The van der Waals surface area contributed by atoms with E-state index in [2.05, 4.69) is 52.6 Å². The highest BCUT2D eigenvalue weighted by molar-refractivity contribution is 5.76. The molecule has 4 aromatic rings. The highest BCUT2D eigenvalue weighted by atomic mass is 16.7. The van der Waals surface area contributed by atoms with Crippen LogP contribution in [0.25, 0.3) is 11.1 Å². The van der Waals surface area contributed by atoms with Crippen LogP contribution in [0.2, 0.25) is 0 Å². The number of likely N-dealkylation sites (N-methyl/N-ethyl adjacent to an activating group) is 1. The molecule has 1 fully saturated rings. The van der Waals surface area contributed by atoms with E-state index < -0.39 is 12.3 Å². The number of hydrogen-bond acceptors (Lipinski definition) is 7. The minimum Gasteiger partial charge on any atom is -0.481 e. The Morgan fingerprint density at radius 1 is 0.840 bits per heavy atom. The summed E-state index contributed by atoms with van der Waals surface area (Å²) in [6.07, 6.45) is 6.28. The Labute approximate surface area is 295 Å². The van der Waals surface area contributed by atoms with Crippen molar-refractivity contribution in [3.63, 3.8) is 0 Å². The third-order valence-electron chi connectivity index (χ3n) is 9.06. The second-order valence-electron chi connectivity index (χ2n) is 13.1. The van der Waals surface area contributed by atoms with Gasteiger partial charge in [0.15, 0.2) is 6.29 Å². The summed E-state index contributed by atoms with van der Waals surface area (Å²) in [5.41, 5.74) is 6.99. The lowest BCUT2D eigenvalue weighted by atomic mass is 9.98. The third-order valence-corrected chi connectivity index (χ3v) is 9.06. The normalized spacial score (nSPS) is 17.5. The molecule has 3 N–H and O–H groups in total. The number of hydrogen-bond donors (Lipinski definition) is 3. The van der Waals surface area contributed by atoms with E-state index in [4.69, 9.17) is 14.6 Å². The topological polar surface area (TPSA) is 121 Å². The van der Waals surface area contributed by atoms with Gasteiger partial charge in [0, 0.05) is 62.8 Å². The van der Waals surface area contributed by atoms with Gasteiger partial charge in [-0.2, -0.15) is 0 Å². The Morgan fingerprint density at radius 3 is 2.34 bits per heavy atom. The summed E-state index contributed by atoms with van der Waals surface area (Å²) in [6.45, 7) is 2.04. The Morgan fingerprint density at radius 2 is 1.60 bits per heavy atom. The van der Waals surface area contributed by atoms with Crippen molar-refractivity contribution in [3.05, 3.63) is 125 Å². The molecule has 1 aliphatic heterocycles. The van der Waals surface area contributed by atoms with E-state index in [1.807, 2.05) is 66.9 Å². The lowest BCUT2D eigenvalue weighted by Gasteiger charge is -2.38. The fraction of sp³-hybridized carbons (Fsp3) is 0.390. The van der Waals surface area contributed by atoms with E-state index in [9.17, 15) is 14.7 Å². The van der Waals surface area contributed by atoms with Gasteiger partial charge in [0.2, 0.25) is 5.91 Å². The maximum atomic E-state index is 12.4. The first-order chi connectivity index (χ1) is 24.4. The summed E-state index contributed by atoms with van der Waals surface area (Å²) >= 11 is 0. The van der Waals surface area contributed by atoms with E-state index >= 15 is 0 Å². The zero-order valence-electron chi connectivity index (χ0n) is 28.9. The molecule has 1 aliphatic rings. The van der Waals surface area contributed by atoms with Gasteiger partial charge in [-0.25, -0.2) is 0 Å². The molecule has 0 bridgehead atoms.